The highest BCUT2D eigenvalue weighted by Crippen LogP contribution is 2.28. The second-order valence-corrected chi connectivity index (χ2v) is 6.53. The smallest absolute Gasteiger partial charge is 0.274 e. The van der Waals surface area contributed by atoms with Crippen molar-refractivity contribution in [3.63, 3.8) is 0 Å². The first-order valence-corrected chi connectivity index (χ1v) is 7.82. The molecule has 1 atom stereocenters. The molecule has 1 aromatic carbocycles. The second-order valence-electron chi connectivity index (χ2n) is 6.53. The molecule has 0 aliphatic carbocycles. The Morgan fingerprint density at radius 2 is 1.96 bits per heavy atom. The number of hydrogen-bond acceptors (Lipinski definition) is 3. The first kappa shape index (κ1) is 16.6. The predicted octanol–water partition coefficient (Wildman–Crippen LogP) is 2.53. The quantitative estimate of drug-likeness (QED) is 0.938. The molecule has 0 spiro atoms. The molecule has 1 aliphatic rings. The van der Waals surface area contributed by atoms with Gasteiger partial charge in [0.15, 0.2) is 17.3 Å². The SMILES string of the molecule is CC(C)(O)C1CCCN1C(=O)c1ccn(-c2c(F)cccc2F)n1. The normalized spacial score (nSPS) is 18.2. The summed E-state index contributed by atoms with van der Waals surface area (Å²) in [5.74, 6) is -1.87. The van der Waals surface area contributed by atoms with E-state index in [0.29, 0.717) is 13.0 Å². The van der Waals surface area contributed by atoms with Gasteiger partial charge in [-0.05, 0) is 44.9 Å². The fourth-order valence-corrected chi connectivity index (χ4v) is 3.16. The number of rotatable bonds is 3. The van der Waals surface area contributed by atoms with Crippen molar-refractivity contribution in [1.82, 2.24) is 14.7 Å². The van der Waals surface area contributed by atoms with Crippen molar-refractivity contribution in [1.29, 1.82) is 0 Å². The molecule has 0 saturated carbocycles. The van der Waals surface area contributed by atoms with Crippen LogP contribution in [-0.4, -0.2) is 43.9 Å². The van der Waals surface area contributed by atoms with Crippen molar-refractivity contribution in [2.75, 3.05) is 6.54 Å². The summed E-state index contributed by atoms with van der Waals surface area (Å²) in [7, 11) is 0. The molecular weight excluding hydrogens is 316 g/mol. The van der Waals surface area contributed by atoms with E-state index >= 15 is 0 Å². The Labute approximate surface area is 138 Å². The van der Waals surface area contributed by atoms with E-state index in [1.165, 1.54) is 18.3 Å². The Morgan fingerprint density at radius 1 is 1.29 bits per heavy atom. The van der Waals surface area contributed by atoms with Gasteiger partial charge in [0.25, 0.3) is 5.91 Å². The van der Waals surface area contributed by atoms with Crippen LogP contribution in [0.3, 0.4) is 0 Å². The molecule has 5 nitrogen and oxygen atoms in total. The van der Waals surface area contributed by atoms with Crippen LogP contribution < -0.4 is 0 Å². The lowest BCUT2D eigenvalue weighted by Crippen LogP contribution is -2.48. The molecule has 1 saturated heterocycles. The average molecular weight is 335 g/mol. The standard InChI is InChI=1S/C17H19F2N3O2/c1-17(2,24)14-7-4-9-21(14)16(23)13-8-10-22(20-13)15-11(18)5-3-6-12(15)19/h3,5-6,8,10,14,24H,4,7,9H2,1-2H3. The molecule has 1 fully saturated rings. The number of aromatic nitrogens is 2. The minimum Gasteiger partial charge on any atom is -0.388 e. The molecule has 0 bridgehead atoms. The minimum absolute atomic E-state index is 0.0915. The third-order valence-corrected chi connectivity index (χ3v) is 4.30. The number of likely N-dealkylation sites (tertiary alicyclic amines) is 1. The van der Waals surface area contributed by atoms with E-state index in [2.05, 4.69) is 5.10 Å². The van der Waals surface area contributed by atoms with Crippen LogP contribution in [0.5, 0.6) is 0 Å². The fraction of sp³-hybridized carbons (Fsp3) is 0.412. The number of nitrogens with zero attached hydrogens (tertiary/aromatic N) is 3. The summed E-state index contributed by atoms with van der Waals surface area (Å²) in [4.78, 5) is 14.2. The number of aliphatic hydroxyl groups is 1. The summed E-state index contributed by atoms with van der Waals surface area (Å²) in [6.45, 7) is 3.85. The summed E-state index contributed by atoms with van der Waals surface area (Å²) in [5.41, 5.74) is -1.25. The third kappa shape index (κ3) is 2.91. The van der Waals surface area contributed by atoms with E-state index in [1.54, 1.807) is 18.7 Å². The maximum Gasteiger partial charge on any atom is 0.274 e. The summed E-state index contributed by atoms with van der Waals surface area (Å²) in [6.07, 6.45) is 2.85. The van der Waals surface area contributed by atoms with Crippen molar-refractivity contribution in [2.24, 2.45) is 0 Å². The molecule has 1 N–H and O–H groups in total. The number of benzene rings is 1. The van der Waals surface area contributed by atoms with E-state index in [4.69, 9.17) is 0 Å². The molecule has 2 heterocycles. The molecule has 128 valence electrons. The molecule has 1 amide bonds. The lowest BCUT2D eigenvalue weighted by atomic mass is 9.96. The summed E-state index contributed by atoms with van der Waals surface area (Å²) < 4.78 is 28.7. The first-order chi connectivity index (χ1) is 11.3. The molecule has 0 radical (unpaired) electrons. The summed E-state index contributed by atoms with van der Waals surface area (Å²) >= 11 is 0. The summed E-state index contributed by atoms with van der Waals surface area (Å²) in [5, 5.41) is 14.2. The van der Waals surface area contributed by atoms with Gasteiger partial charge in [-0.25, -0.2) is 13.5 Å². The molecule has 7 heteroatoms. The Kier molecular flexibility index (Phi) is 4.13. The largest absolute Gasteiger partial charge is 0.388 e. The zero-order chi connectivity index (χ0) is 17.5. The molecule has 3 rings (SSSR count). The van der Waals surface area contributed by atoms with Gasteiger partial charge in [0.2, 0.25) is 0 Å². The van der Waals surface area contributed by atoms with Gasteiger partial charge in [-0.15, -0.1) is 0 Å². The van der Waals surface area contributed by atoms with E-state index in [-0.39, 0.29) is 23.3 Å². The van der Waals surface area contributed by atoms with Gasteiger partial charge >= 0.3 is 0 Å². The lowest BCUT2D eigenvalue weighted by Gasteiger charge is -2.33. The first-order valence-electron chi connectivity index (χ1n) is 7.82. The van der Waals surface area contributed by atoms with Crippen molar-refractivity contribution in [3.05, 3.63) is 47.8 Å². The Morgan fingerprint density at radius 3 is 2.58 bits per heavy atom. The Hall–Kier alpha value is -2.28. The van der Waals surface area contributed by atoms with Crippen LogP contribution in [0.2, 0.25) is 0 Å². The molecule has 1 aliphatic heterocycles. The number of carbonyl (C=O) groups is 1. The maximum atomic E-state index is 13.8. The van der Waals surface area contributed by atoms with Crippen molar-refractivity contribution >= 4 is 5.91 Å². The van der Waals surface area contributed by atoms with Gasteiger partial charge in [0.1, 0.15) is 5.69 Å². The molecule has 2 aromatic rings. The molecule has 1 unspecified atom stereocenters. The van der Waals surface area contributed by atoms with Crippen LogP contribution in [0.4, 0.5) is 8.78 Å². The number of amides is 1. The topological polar surface area (TPSA) is 58.4 Å². The van der Waals surface area contributed by atoms with Gasteiger partial charge in [-0.3, -0.25) is 4.79 Å². The van der Waals surface area contributed by atoms with Gasteiger partial charge in [-0.2, -0.15) is 5.10 Å². The Balaban J connectivity index is 1.90. The average Bonchev–Trinajstić information content (AvgIpc) is 3.15. The number of halogens is 2. The van der Waals surface area contributed by atoms with Crippen LogP contribution in [0.1, 0.15) is 37.2 Å². The number of carbonyl (C=O) groups excluding carboxylic acids is 1. The molecule has 24 heavy (non-hydrogen) atoms. The van der Waals surface area contributed by atoms with E-state index in [1.807, 2.05) is 0 Å². The van der Waals surface area contributed by atoms with Crippen LogP contribution in [0.15, 0.2) is 30.5 Å². The summed E-state index contributed by atoms with van der Waals surface area (Å²) in [6, 6.07) is 4.65. The highest BCUT2D eigenvalue weighted by atomic mass is 19.1. The van der Waals surface area contributed by atoms with Crippen molar-refractivity contribution in [2.45, 2.75) is 38.3 Å². The second kappa shape index (κ2) is 5.98. The predicted molar refractivity (Wildman–Crippen MR) is 83.8 cm³/mol. The monoisotopic (exact) mass is 335 g/mol. The zero-order valence-corrected chi connectivity index (χ0v) is 13.5. The number of hydrogen-bond donors (Lipinski definition) is 1. The Bertz CT molecular complexity index is 747. The highest BCUT2D eigenvalue weighted by Gasteiger charge is 2.39. The zero-order valence-electron chi connectivity index (χ0n) is 13.5. The van der Waals surface area contributed by atoms with E-state index < -0.39 is 17.2 Å². The van der Waals surface area contributed by atoms with Crippen LogP contribution in [0.25, 0.3) is 5.69 Å². The van der Waals surface area contributed by atoms with Gasteiger partial charge in [0, 0.05) is 12.7 Å². The van der Waals surface area contributed by atoms with Crippen LogP contribution >= 0.6 is 0 Å². The van der Waals surface area contributed by atoms with Crippen LogP contribution in [0, 0.1) is 11.6 Å². The molecule has 1 aromatic heterocycles. The van der Waals surface area contributed by atoms with E-state index in [9.17, 15) is 18.7 Å². The van der Waals surface area contributed by atoms with Gasteiger partial charge < -0.3 is 10.0 Å². The third-order valence-electron chi connectivity index (χ3n) is 4.30. The highest BCUT2D eigenvalue weighted by molar-refractivity contribution is 5.92. The molecular formula is C17H19F2N3O2. The van der Waals surface area contributed by atoms with E-state index in [0.717, 1.165) is 23.2 Å². The van der Waals surface area contributed by atoms with Gasteiger partial charge in [-0.1, -0.05) is 6.07 Å². The van der Waals surface area contributed by atoms with Crippen molar-refractivity contribution in [3.8, 4) is 5.69 Å². The van der Waals surface area contributed by atoms with Crippen LogP contribution in [-0.2, 0) is 0 Å². The fourth-order valence-electron chi connectivity index (χ4n) is 3.16. The maximum absolute atomic E-state index is 13.8. The van der Waals surface area contributed by atoms with Gasteiger partial charge in [0.05, 0.1) is 11.6 Å². The minimum atomic E-state index is -1.02. The lowest BCUT2D eigenvalue weighted by molar-refractivity contribution is 0.000103. The van der Waals surface area contributed by atoms with Crippen molar-refractivity contribution < 1.29 is 18.7 Å². The number of para-hydroxylation sites is 1.